The van der Waals surface area contributed by atoms with E-state index in [4.69, 9.17) is 39.9 Å². The molecule has 5 N–H and O–H groups in total. The molecular formula is C25H32Cl2N10O2. The first-order valence-electron chi connectivity index (χ1n) is 12.9. The lowest BCUT2D eigenvalue weighted by Gasteiger charge is -2.47. The molecule has 12 nitrogen and oxygen atoms in total. The molecule has 2 aromatic heterocycles. The van der Waals surface area contributed by atoms with Gasteiger partial charge in [-0.1, -0.05) is 30.1 Å². The van der Waals surface area contributed by atoms with Gasteiger partial charge in [-0.15, -0.1) is 0 Å². The van der Waals surface area contributed by atoms with Crippen LogP contribution in [0.15, 0.2) is 12.1 Å². The normalized spacial score (nSPS) is 18.6. The molecular weight excluding hydrogens is 543 g/mol. The molecule has 14 heteroatoms. The zero-order chi connectivity index (χ0) is 28.1. The monoisotopic (exact) mass is 574 g/mol. The van der Waals surface area contributed by atoms with E-state index in [1.807, 2.05) is 11.0 Å². The topological polar surface area (TPSA) is 170 Å². The van der Waals surface area contributed by atoms with E-state index < -0.39 is 5.91 Å². The van der Waals surface area contributed by atoms with Gasteiger partial charge in [0.1, 0.15) is 11.0 Å². The van der Waals surface area contributed by atoms with E-state index in [0.29, 0.717) is 43.6 Å². The van der Waals surface area contributed by atoms with Gasteiger partial charge in [-0.3, -0.25) is 14.5 Å². The number of rotatable bonds is 7. The van der Waals surface area contributed by atoms with Gasteiger partial charge in [0.05, 0.1) is 18.1 Å². The van der Waals surface area contributed by atoms with Gasteiger partial charge in [0.15, 0.2) is 22.5 Å². The van der Waals surface area contributed by atoms with Crippen LogP contribution in [-0.2, 0) is 0 Å². The van der Waals surface area contributed by atoms with Crippen molar-refractivity contribution in [1.29, 1.82) is 5.26 Å². The fourth-order valence-corrected chi connectivity index (χ4v) is 5.61. The summed E-state index contributed by atoms with van der Waals surface area (Å²) in [7, 11) is 0. The van der Waals surface area contributed by atoms with Crippen LogP contribution in [0.1, 0.15) is 53.5 Å². The zero-order valence-electron chi connectivity index (χ0n) is 21.7. The van der Waals surface area contributed by atoms with Gasteiger partial charge in [0, 0.05) is 51.4 Å². The number of likely N-dealkylation sites (tertiary alicyclic amines) is 1. The average Bonchev–Trinajstić information content (AvgIpc) is 2.93. The summed E-state index contributed by atoms with van der Waals surface area (Å²) in [5.74, 6) is -0.0464. The van der Waals surface area contributed by atoms with Gasteiger partial charge < -0.3 is 26.6 Å². The van der Waals surface area contributed by atoms with Gasteiger partial charge in [-0.2, -0.15) is 5.26 Å². The summed E-state index contributed by atoms with van der Waals surface area (Å²) >= 11 is 12.3. The van der Waals surface area contributed by atoms with E-state index in [-0.39, 0.29) is 52.6 Å². The molecule has 2 aliphatic heterocycles. The Labute approximate surface area is 237 Å². The molecule has 0 aromatic carbocycles. The van der Waals surface area contributed by atoms with Crippen molar-refractivity contribution in [2.45, 2.75) is 44.7 Å². The van der Waals surface area contributed by atoms with E-state index in [1.165, 1.54) is 0 Å². The van der Waals surface area contributed by atoms with Crippen LogP contribution in [0, 0.1) is 11.3 Å². The highest BCUT2D eigenvalue weighted by atomic mass is 35.5. The largest absolute Gasteiger partial charge is 0.383 e. The zero-order valence-corrected chi connectivity index (χ0v) is 23.2. The lowest BCUT2D eigenvalue weighted by molar-refractivity contribution is 0.0491. The van der Waals surface area contributed by atoms with Crippen LogP contribution in [0.3, 0.4) is 0 Å². The highest BCUT2D eigenvalue weighted by Crippen LogP contribution is 2.30. The minimum atomic E-state index is -0.514. The number of aromatic nitrogens is 3. The maximum Gasteiger partial charge on any atom is 0.273 e. The van der Waals surface area contributed by atoms with Crippen LogP contribution in [0.2, 0.25) is 10.3 Å². The molecule has 1 atom stereocenters. The highest BCUT2D eigenvalue weighted by Gasteiger charge is 2.35. The Balaban J connectivity index is 1.38. The number of nitrogen functional groups attached to an aromatic ring is 2. The van der Waals surface area contributed by atoms with E-state index in [2.05, 4.69) is 37.0 Å². The SMILES string of the molecule is CC[C@H]1CN(c2nc(N)c(C(=O)NCCC#N)nc2Cl)CCN1C1CCN(C(=O)c2ccc(Cl)nc2N)CC1. The Morgan fingerprint density at radius 2 is 1.85 bits per heavy atom. The number of carbonyl (C=O) groups is 2. The van der Waals surface area contributed by atoms with Gasteiger partial charge in [-0.25, -0.2) is 15.0 Å². The van der Waals surface area contributed by atoms with Crippen molar-refractivity contribution in [3.8, 4) is 6.07 Å². The van der Waals surface area contributed by atoms with Crippen LogP contribution >= 0.6 is 23.2 Å². The smallest absolute Gasteiger partial charge is 0.273 e. The van der Waals surface area contributed by atoms with Crippen molar-refractivity contribution in [3.63, 3.8) is 0 Å². The molecule has 0 bridgehead atoms. The second-order valence-electron chi connectivity index (χ2n) is 9.57. The van der Waals surface area contributed by atoms with E-state index in [0.717, 1.165) is 25.8 Å². The molecule has 208 valence electrons. The minimum Gasteiger partial charge on any atom is -0.383 e. The Hall–Kier alpha value is -3.40. The van der Waals surface area contributed by atoms with E-state index >= 15 is 0 Å². The molecule has 0 aliphatic carbocycles. The summed E-state index contributed by atoms with van der Waals surface area (Å²) in [6.07, 6.45) is 2.80. The standard InChI is InChI=1S/C25H32Cl2N10O2/c1-2-15-14-36(23-20(27)33-19(22(30)34-23)24(38)31-9-3-8-28)12-13-37(15)16-6-10-35(11-7-16)25(39)17-4-5-18(26)32-21(17)29/h4-5,15-16H,2-3,6-7,9-14H2,1H3,(H2,29,32)(H2,30,34)(H,31,38)/t15-/m0/s1. The third-order valence-electron chi connectivity index (χ3n) is 7.24. The molecule has 39 heavy (non-hydrogen) atoms. The first kappa shape index (κ1) is 28.6. The van der Waals surface area contributed by atoms with Gasteiger partial charge in [0.2, 0.25) is 0 Å². The summed E-state index contributed by atoms with van der Waals surface area (Å²) in [5.41, 5.74) is 12.3. The number of nitriles is 1. The number of carbonyl (C=O) groups excluding carboxylic acids is 2. The van der Waals surface area contributed by atoms with Gasteiger partial charge in [0.25, 0.3) is 11.8 Å². The van der Waals surface area contributed by atoms with Gasteiger partial charge in [-0.05, 0) is 31.4 Å². The van der Waals surface area contributed by atoms with Crippen LogP contribution < -0.4 is 21.7 Å². The number of nitrogens with one attached hydrogen (secondary N) is 1. The van der Waals surface area contributed by atoms with Crippen molar-refractivity contribution >= 4 is 52.5 Å². The number of hydrogen-bond donors (Lipinski definition) is 3. The number of pyridine rings is 1. The molecule has 4 rings (SSSR count). The summed E-state index contributed by atoms with van der Waals surface area (Å²) in [5, 5.41) is 11.6. The first-order valence-corrected chi connectivity index (χ1v) is 13.7. The number of nitrogens with two attached hydrogens (primary N) is 2. The number of piperidine rings is 1. The summed E-state index contributed by atoms with van der Waals surface area (Å²) < 4.78 is 0. The molecule has 4 heterocycles. The molecule has 2 saturated heterocycles. The van der Waals surface area contributed by atoms with Crippen molar-refractivity contribution < 1.29 is 9.59 Å². The number of halogens is 2. The second-order valence-corrected chi connectivity index (χ2v) is 10.3. The van der Waals surface area contributed by atoms with E-state index in [1.54, 1.807) is 12.1 Å². The highest BCUT2D eigenvalue weighted by molar-refractivity contribution is 6.32. The predicted octanol–water partition coefficient (Wildman–Crippen LogP) is 2.19. The first-order chi connectivity index (χ1) is 18.7. The molecule has 0 radical (unpaired) electrons. The van der Waals surface area contributed by atoms with Crippen molar-refractivity contribution in [2.75, 3.05) is 55.6 Å². The summed E-state index contributed by atoms with van der Waals surface area (Å²) in [6.45, 7) is 5.75. The number of amides is 2. The number of hydrogen-bond acceptors (Lipinski definition) is 10. The lowest BCUT2D eigenvalue weighted by Crippen LogP contribution is -2.58. The van der Waals surface area contributed by atoms with Crippen LogP contribution in [0.5, 0.6) is 0 Å². The van der Waals surface area contributed by atoms with Gasteiger partial charge >= 0.3 is 0 Å². The van der Waals surface area contributed by atoms with Crippen molar-refractivity contribution in [2.24, 2.45) is 0 Å². The van der Waals surface area contributed by atoms with E-state index in [9.17, 15) is 9.59 Å². The molecule has 0 saturated carbocycles. The Kier molecular flexibility index (Phi) is 9.27. The number of piperazine rings is 1. The maximum absolute atomic E-state index is 13.0. The third-order valence-corrected chi connectivity index (χ3v) is 7.71. The molecule has 0 spiro atoms. The lowest BCUT2D eigenvalue weighted by atomic mass is 9.97. The minimum absolute atomic E-state index is 0.00658. The summed E-state index contributed by atoms with van der Waals surface area (Å²) in [6, 6.07) is 5.75. The Bertz CT molecular complexity index is 1260. The van der Waals surface area contributed by atoms with Crippen molar-refractivity contribution in [3.05, 3.63) is 33.7 Å². The molecule has 2 amide bonds. The average molecular weight is 576 g/mol. The predicted molar refractivity (Wildman–Crippen MR) is 150 cm³/mol. The Morgan fingerprint density at radius 1 is 1.10 bits per heavy atom. The summed E-state index contributed by atoms with van der Waals surface area (Å²) in [4.78, 5) is 44.4. The van der Waals surface area contributed by atoms with Crippen LogP contribution in [0.4, 0.5) is 17.5 Å². The fourth-order valence-electron chi connectivity index (χ4n) is 5.21. The molecule has 2 aliphatic rings. The maximum atomic E-state index is 13.0. The molecule has 2 fully saturated rings. The van der Waals surface area contributed by atoms with Crippen molar-refractivity contribution in [1.82, 2.24) is 30.1 Å². The number of anilines is 3. The molecule has 2 aromatic rings. The fraction of sp³-hybridized carbons (Fsp3) is 0.520. The second kappa shape index (κ2) is 12.6. The quantitative estimate of drug-likeness (QED) is 0.328. The van der Waals surface area contributed by atoms with Crippen LogP contribution in [-0.4, -0.2) is 87.9 Å². The number of nitrogens with zero attached hydrogens (tertiary/aromatic N) is 7. The third kappa shape index (κ3) is 6.43. The Morgan fingerprint density at radius 3 is 2.51 bits per heavy atom. The van der Waals surface area contributed by atoms with Crippen LogP contribution in [0.25, 0.3) is 0 Å². The molecule has 0 unspecified atom stereocenters.